The number of esters is 1. The van der Waals surface area contributed by atoms with Crippen LogP contribution < -0.4 is 5.32 Å². The molecule has 0 bridgehead atoms. The van der Waals surface area contributed by atoms with Crippen molar-refractivity contribution in [2.75, 3.05) is 18.5 Å². The molecule has 2 aliphatic rings. The van der Waals surface area contributed by atoms with E-state index in [4.69, 9.17) is 9.47 Å². The van der Waals surface area contributed by atoms with Crippen molar-refractivity contribution < 1.29 is 23.0 Å². The van der Waals surface area contributed by atoms with Gasteiger partial charge in [0.1, 0.15) is 30.6 Å². The van der Waals surface area contributed by atoms with Gasteiger partial charge in [0, 0.05) is 18.4 Å². The Bertz CT molecular complexity index is 886. The quantitative estimate of drug-likeness (QED) is 0.827. The summed E-state index contributed by atoms with van der Waals surface area (Å²) in [5.41, 5.74) is 0.947. The average Bonchev–Trinajstić information content (AvgIpc) is 3.29. The van der Waals surface area contributed by atoms with Crippen LogP contribution in [0.4, 0.5) is 14.7 Å². The Morgan fingerprint density at radius 1 is 1.37 bits per heavy atom. The SMILES string of the molecule is CC1=C(C(=O)OC[C@@H]2CCCO2)[C@@H](c2cc(F)cc(F)c2)n2ncnc2N1. The zero-order chi connectivity index (χ0) is 19.0. The number of benzene rings is 1. The molecule has 9 heteroatoms. The van der Waals surface area contributed by atoms with Crippen molar-refractivity contribution in [3.63, 3.8) is 0 Å². The van der Waals surface area contributed by atoms with Gasteiger partial charge in [-0.25, -0.2) is 18.3 Å². The average molecular weight is 376 g/mol. The van der Waals surface area contributed by atoms with E-state index in [9.17, 15) is 13.6 Å². The minimum absolute atomic E-state index is 0.126. The normalized spacial score (nSPS) is 21.7. The molecule has 1 fully saturated rings. The van der Waals surface area contributed by atoms with E-state index >= 15 is 0 Å². The molecule has 4 rings (SSSR count). The number of halogens is 2. The van der Waals surface area contributed by atoms with Gasteiger partial charge in [-0.1, -0.05) is 0 Å². The summed E-state index contributed by atoms with van der Waals surface area (Å²) in [6, 6.07) is 2.26. The highest BCUT2D eigenvalue weighted by Gasteiger charge is 2.35. The maximum absolute atomic E-state index is 13.8. The standard InChI is InChI=1S/C18H18F2N4O3/c1-10-15(17(25)27-8-14-3-2-4-26-14)16(24-18(23-10)21-9-22-24)11-5-12(19)7-13(20)6-11/h5-7,9,14,16H,2-4,8H2,1H3,(H,21,22,23)/t14-,16+/m0/s1. The Labute approximate surface area is 154 Å². The number of nitrogens with zero attached hydrogens (tertiary/aromatic N) is 3. The second-order valence-corrected chi connectivity index (χ2v) is 6.53. The second-order valence-electron chi connectivity index (χ2n) is 6.53. The Hall–Kier alpha value is -2.81. The van der Waals surface area contributed by atoms with E-state index in [-0.39, 0.29) is 23.8 Å². The number of ether oxygens (including phenoxy) is 2. The first-order valence-electron chi connectivity index (χ1n) is 8.65. The zero-order valence-corrected chi connectivity index (χ0v) is 14.6. The molecule has 0 amide bonds. The minimum Gasteiger partial charge on any atom is -0.459 e. The lowest BCUT2D eigenvalue weighted by Gasteiger charge is -2.28. The fourth-order valence-electron chi connectivity index (χ4n) is 3.42. The summed E-state index contributed by atoms with van der Waals surface area (Å²) in [7, 11) is 0. The maximum Gasteiger partial charge on any atom is 0.338 e. The van der Waals surface area contributed by atoms with Crippen LogP contribution in [0.1, 0.15) is 31.4 Å². The van der Waals surface area contributed by atoms with Gasteiger partial charge in [0.25, 0.3) is 0 Å². The van der Waals surface area contributed by atoms with Crippen LogP contribution >= 0.6 is 0 Å². The summed E-state index contributed by atoms with van der Waals surface area (Å²) in [6.07, 6.45) is 2.94. The monoisotopic (exact) mass is 376 g/mol. The van der Waals surface area contributed by atoms with Crippen molar-refractivity contribution in [1.29, 1.82) is 0 Å². The third-order valence-corrected chi connectivity index (χ3v) is 4.64. The Morgan fingerprint density at radius 3 is 2.85 bits per heavy atom. The minimum atomic E-state index is -0.856. The first-order chi connectivity index (χ1) is 13.0. The number of hydrogen-bond acceptors (Lipinski definition) is 6. The van der Waals surface area contributed by atoms with Crippen LogP contribution in [0.5, 0.6) is 0 Å². The highest BCUT2D eigenvalue weighted by Crippen LogP contribution is 2.35. The highest BCUT2D eigenvalue weighted by atomic mass is 19.1. The van der Waals surface area contributed by atoms with Gasteiger partial charge in [0.2, 0.25) is 5.95 Å². The zero-order valence-electron chi connectivity index (χ0n) is 14.6. The lowest BCUT2D eigenvalue weighted by molar-refractivity contribution is -0.142. The van der Waals surface area contributed by atoms with Crippen LogP contribution in [0.25, 0.3) is 0 Å². The largest absolute Gasteiger partial charge is 0.459 e. The number of allylic oxidation sites excluding steroid dienone is 1. The Kier molecular flexibility index (Phi) is 4.61. The fourth-order valence-corrected chi connectivity index (χ4v) is 3.42. The van der Waals surface area contributed by atoms with Crippen molar-refractivity contribution in [3.05, 3.63) is 53.0 Å². The fraction of sp³-hybridized carbons (Fsp3) is 0.389. The summed E-state index contributed by atoms with van der Waals surface area (Å²) in [6.45, 7) is 2.46. The van der Waals surface area contributed by atoms with Gasteiger partial charge in [-0.2, -0.15) is 10.1 Å². The van der Waals surface area contributed by atoms with Crippen molar-refractivity contribution in [3.8, 4) is 0 Å². The van der Waals surface area contributed by atoms with Gasteiger partial charge in [0.15, 0.2) is 0 Å². The number of carbonyl (C=O) groups is 1. The number of anilines is 1. The molecule has 2 aromatic rings. The molecule has 2 aliphatic heterocycles. The predicted molar refractivity (Wildman–Crippen MR) is 90.8 cm³/mol. The number of hydrogen-bond donors (Lipinski definition) is 1. The van der Waals surface area contributed by atoms with E-state index in [0.717, 1.165) is 18.9 Å². The van der Waals surface area contributed by atoms with Crippen LogP contribution in [-0.4, -0.2) is 40.1 Å². The molecular formula is C18H18F2N4O3. The molecule has 0 radical (unpaired) electrons. The number of carbonyl (C=O) groups excluding carboxylic acids is 1. The predicted octanol–water partition coefficient (Wildman–Crippen LogP) is 2.57. The van der Waals surface area contributed by atoms with E-state index in [1.54, 1.807) is 6.92 Å². The van der Waals surface area contributed by atoms with Gasteiger partial charge >= 0.3 is 5.97 Å². The summed E-state index contributed by atoms with van der Waals surface area (Å²) in [5, 5.41) is 7.09. The first kappa shape index (κ1) is 17.6. The van der Waals surface area contributed by atoms with Crippen LogP contribution in [0.2, 0.25) is 0 Å². The summed E-state index contributed by atoms with van der Waals surface area (Å²) >= 11 is 0. The van der Waals surface area contributed by atoms with E-state index in [1.165, 1.54) is 23.1 Å². The molecule has 1 aromatic carbocycles. The third kappa shape index (κ3) is 3.42. The van der Waals surface area contributed by atoms with Crippen LogP contribution in [0, 0.1) is 11.6 Å². The lowest BCUT2D eigenvalue weighted by atomic mass is 9.95. The third-order valence-electron chi connectivity index (χ3n) is 4.64. The first-order valence-corrected chi connectivity index (χ1v) is 8.65. The van der Waals surface area contributed by atoms with Crippen molar-refractivity contribution in [1.82, 2.24) is 14.8 Å². The van der Waals surface area contributed by atoms with Crippen molar-refractivity contribution in [2.45, 2.75) is 31.9 Å². The Morgan fingerprint density at radius 2 is 2.15 bits per heavy atom. The molecule has 1 N–H and O–H groups in total. The summed E-state index contributed by atoms with van der Waals surface area (Å²) in [4.78, 5) is 16.9. The van der Waals surface area contributed by atoms with E-state index in [2.05, 4.69) is 15.4 Å². The number of aromatic nitrogens is 3. The molecule has 1 aromatic heterocycles. The topological polar surface area (TPSA) is 78.3 Å². The van der Waals surface area contributed by atoms with E-state index < -0.39 is 23.6 Å². The smallest absolute Gasteiger partial charge is 0.338 e. The molecule has 0 saturated carbocycles. The van der Waals surface area contributed by atoms with E-state index in [1.807, 2.05) is 0 Å². The lowest BCUT2D eigenvalue weighted by Crippen LogP contribution is -2.31. The van der Waals surface area contributed by atoms with Gasteiger partial charge in [-0.15, -0.1) is 0 Å². The van der Waals surface area contributed by atoms with Crippen molar-refractivity contribution >= 4 is 11.9 Å². The molecule has 0 aliphatic carbocycles. The molecule has 27 heavy (non-hydrogen) atoms. The molecule has 1 saturated heterocycles. The molecule has 0 unspecified atom stereocenters. The number of rotatable bonds is 4. The van der Waals surface area contributed by atoms with Crippen LogP contribution in [-0.2, 0) is 14.3 Å². The summed E-state index contributed by atoms with van der Waals surface area (Å²) < 4.78 is 39.9. The van der Waals surface area contributed by atoms with Gasteiger partial charge in [-0.3, -0.25) is 0 Å². The van der Waals surface area contributed by atoms with Crippen LogP contribution in [0.3, 0.4) is 0 Å². The van der Waals surface area contributed by atoms with Crippen LogP contribution in [0.15, 0.2) is 35.8 Å². The summed E-state index contributed by atoms with van der Waals surface area (Å²) in [5.74, 6) is -1.70. The molecule has 2 atom stereocenters. The Balaban J connectivity index is 1.69. The molecular weight excluding hydrogens is 358 g/mol. The molecule has 142 valence electrons. The van der Waals surface area contributed by atoms with Gasteiger partial charge in [0.05, 0.1) is 11.7 Å². The molecule has 7 nitrogen and oxygen atoms in total. The molecule has 0 spiro atoms. The maximum atomic E-state index is 13.8. The second kappa shape index (κ2) is 7.07. The molecule has 3 heterocycles. The number of nitrogens with one attached hydrogen (secondary N) is 1. The van der Waals surface area contributed by atoms with Gasteiger partial charge in [-0.05, 0) is 37.5 Å². The number of fused-ring (bicyclic) bond motifs is 1. The highest BCUT2D eigenvalue weighted by molar-refractivity contribution is 5.92. The van der Waals surface area contributed by atoms with Gasteiger partial charge < -0.3 is 14.8 Å². The van der Waals surface area contributed by atoms with Crippen molar-refractivity contribution in [2.24, 2.45) is 0 Å². The van der Waals surface area contributed by atoms with E-state index in [0.29, 0.717) is 18.3 Å².